The van der Waals surface area contributed by atoms with Crippen LogP contribution in [0.25, 0.3) is 0 Å². The van der Waals surface area contributed by atoms with E-state index in [1.807, 2.05) is 0 Å². The molecule has 1 aromatic carbocycles. The van der Waals surface area contributed by atoms with E-state index in [0.717, 1.165) is 37.7 Å². The van der Waals surface area contributed by atoms with E-state index < -0.39 is 5.60 Å². The van der Waals surface area contributed by atoms with Gasteiger partial charge in [0.1, 0.15) is 0 Å². The molecule has 1 aromatic rings. The van der Waals surface area contributed by atoms with Gasteiger partial charge in [0.2, 0.25) is 0 Å². The van der Waals surface area contributed by atoms with Gasteiger partial charge in [-0.2, -0.15) is 0 Å². The van der Waals surface area contributed by atoms with Crippen molar-refractivity contribution in [1.82, 2.24) is 0 Å². The van der Waals surface area contributed by atoms with Crippen LogP contribution in [-0.2, 0) is 11.0 Å². The van der Waals surface area contributed by atoms with Gasteiger partial charge in [-0.1, -0.05) is 57.9 Å². The predicted octanol–water partition coefficient (Wildman–Crippen LogP) is 4.14. The van der Waals surface area contributed by atoms with Crippen LogP contribution in [0.5, 0.6) is 0 Å². The zero-order valence-electron chi connectivity index (χ0n) is 11.3. The van der Waals surface area contributed by atoms with E-state index >= 15 is 0 Å². The Bertz CT molecular complexity index is 369. The lowest BCUT2D eigenvalue weighted by Crippen LogP contribution is -2.21. The fraction of sp³-hybridized carbons (Fsp3) is 0.625. The zero-order valence-corrected chi connectivity index (χ0v) is 11.3. The molecule has 2 rings (SSSR count). The smallest absolute Gasteiger partial charge is 0.0896 e. The number of hydrogen-bond acceptors (Lipinski definition) is 1. The second-order valence-electron chi connectivity index (χ2n) is 6.05. The van der Waals surface area contributed by atoms with Gasteiger partial charge in [0.25, 0.3) is 0 Å². The van der Waals surface area contributed by atoms with Crippen LogP contribution in [0.3, 0.4) is 0 Å². The van der Waals surface area contributed by atoms with Gasteiger partial charge < -0.3 is 5.11 Å². The topological polar surface area (TPSA) is 20.2 Å². The highest BCUT2D eigenvalue weighted by atomic mass is 16.3. The molecule has 0 unspecified atom stereocenters. The Morgan fingerprint density at radius 3 is 2.12 bits per heavy atom. The minimum absolute atomic E-state index is 0.233. The van der Waals surface area contributed by atoms with E-state index in [1.165, 1.54) is 5.56 Å². The minimum atomic E-state index is -0.547. The molecule has 0 aliphatic heterocycles. The lowest BCUT2D eigenvalue weighted by Gasteiger charge is -2.26. The molecule has 1 aliphatic carbocycles. The maximum Gasteiger partial charge on any atom is 0.0896 e. The number of aliphatic hydroxyl groups is 1. The molecular weight excluding hydrogens is 208 g/mol. The number of rotatable bonds is 3. The van der Waals surface area contributed by atoms with Gasteiger partial charge in [0.15, 0.2) is 0 Å². The van der Waals surface area contributed by atoms with Crippen molar-refractivity contribution in [2.24, 2.45) is 0 Å². The lowest BCUT2D eigenvalue weighted by molar-refractivity contribution is 0.0444. The Morgan fingerprint density at radius 1 is 1.12 bits per heavy atom. The Balaban J connectivity index is 2.24. The Hall–Kier alpha value is -0.820. The first-order valence-corrected chi connectivity index (χ1v) is 6.81. The summed E-state index contributed by atoms with van der Waals surface area (Å²) in [4.78, 5) is 0. The molecule has 1 aliphatic rings. The van der Waals surface area contributed by atoms with Gasteiger partial charge in [-0.3, -0.25) is 0 Å². The van der Waals surface area contributed by atoms with Crippen molar-refractivity contribution < 1.29 is 5.11 Å². The van der Waals surface area contributed by atoms with E-state index in [2.05, 4.69) is 45.0 Å². The summed E-state index contributed by atoms with van der Waals surface area (Å²) in [6, 6.07) is 8.63. The summed E-state index contributed by atoms with van der Waals surface area (Å²) >= 11 is 0. The molecule has 1 fully saturated rings. The number of hydrogen-bond donors (Lipinski definition) is 1. The van der Waals surface area contributed by atoms with Gasteiger partial charge in [-0.25, -0.2) is 0 Å². The predicted molar refractivity (Wildman–Crippen MR) is 72.1 cm³/mol. The summed E-state index contributed by atoms with van der Waals surface area (Å²) in [5, 5.41) is 10.5. The molecule has 1 N–H and O–H groups in total. The van der Waals surface area contributed by atoms with Crippen molar-refractivity contribution in [2.75, 3.05) is 0 Å². The van der Waals surface area contributed by atoms with Gasteiger partial charge in [-0.15, -0.1) is 0 Å². The normalized spacial score (nSPS) is 19.5. The largest absolute Gasteiger partial charge is 0.385 e. The first kappa shape index (κ1) is 12.6. The second-order valence-corrected chi connectivity index (χ2v) is 6.05. The highest BCUT2D eigenvalue weighted by Crippen LogP contribution is 2.39. The molecule has 0 radical (unpaired) electrons. The van der Waals surface area contributed by atoms with Gasteiger partial charge in [0.05, 0.1) is 5.60 Å². The van der Waals surface area contributed by atoms with Crippen LogP contribution in [0.4, 0.5) is 0 Å². The van der Waals surface area contributed by atoms with Crippen molar-refractivity contribution in [2.45, 2.75) is 63.9 Å². The van der Waals surface area contributed by atoms with E-state index in [1.54, 1.807) is 0 Å². The molecule has 17 heavy (non-hydrogen) atoms. The molecule has 0 saturated heterocycles. The van der Waals surface area contributed by atoms with Crippen molar-refractivity contribution in [1.29, 1.82) is 0 Å². The molecule has 0 amide bonds. The fourth-order valence-corrected chi connectivity index (χ4v) is 2.68. The van der Waals surface area contributed by atoms with E-state index in [0.29, 0.717) is 0 Å². The summed E-state index contributed by atoms with van der Waals surface area (Å²) in [7, 11) is 0. The third-order valence-corrected chi connectivity index (χ3v) is 4.52. The molecular formula is C16H24O. The molecule has 1 nitrogen and oxygen atoms in total. The van der Waals surface area contributed by atoms with Crippen molar-refractivity contribution in [3.63, 3.8) is 0 Å². The Morgan fingerprint density at radius 2 is 1.65 bits per heavy atom. The van der Waals surface area contributed by atoms with Gasteiger partial charge >= 0.3 is 0 Å². The first-order chi connectivity index (χ1) is 7.98. The SMILES string of the molecule is CCC(C)(C)c1ccc(C2(O)CCCC2)cc1. The fourth-order valence-electron chi connectivity index (χ4n) is 2.68. The monoisotopic (exact) mass is 232 g/mol. The van der Waals surface area contributed by atoms with Crippen LogP contribution in [0.15, 0.2) is 24.3 Å². The molecule has 0 aromatic heterocycles. The summed E-state index contributed by atoms with van der Waals surface area (Å²) < 4.78 is 0. The summed E-state index contributed by atoms with van der Waals surface area (Å²) in [6.07, 6.45) is 5.28. The van der Waals surface area contributed by atoms with Crippen LogP contribution < -0.4 is 0 Å². The number of benzene rings is 1. The molecule has 94 valence electrons. The van der Waals surface area contributed by atoms with Crippen molar-refractivity contribution in [3.8, 4) is 0 Å². The quantitative estimate of drug-likeness (QED) is 0.830. The average Bonchev–Trinajstić information content (AvgIpc) is 2.78. The summed E-state index contributed by atoms with van der Waals surface area (Å²) in [5.41, 5.74) is 2.15. The van der Waals surface area contributed by atoms with Crippen LogP contribution in [-0.4, -0.2) is 5.11 Å². The molecule has 0 bridgehead atoms. The lowest BCUT2D eigenvalue weighted by atomic mass is 9.81. The van der Waals surface area contributed by atoms with E-state index in [-0.39, 0.29) is 5.41 Å². The van der Waals surface area contributed by atoms with Crippen LogP contribution >= 0.6 is 0 Å². The van der Waals surface area contributed by atoms with Crippen molar-refractivity contribution >= 4 is 0 Å². The van der Waals surface area contributed by atoms with Gasteiger partial charge in [-0.05, 0) is 35.8 Å². The third kappa shape index (κ3) is 2.40. The van der Waals surface area contributed by atoms with E-state index in [4.69, 9.17) is 0 Å². The summed E-state index contributed by atoms with van der Waals surface area (Å²) in [5.74, 6) is 0. The molecule has 1 saturated carbocycles. The highest BCUT2D eigenvalue weighted by molar-refractivity contribution is 5.31. The highest BCUT2D eigenvalue weighted by Gasteiger charge is 2.33. The van der Waals surface area contributed by atoms with Crippen LogP contribution in [0.1, 0.15) is 64.0 Å². The molecule has 0 atom stereocenters. The Kier molecular flexibility index (Phi) is 3.31. The molecule has 0 spiro atoms. The average molecular weight is 232 g/mol. The zero-order chi connectivity index (χ0) is 12.5. The summed E-state index contributed by atoms with van der Waals surface area (Å²) in [6.45, 7) is 6.76. The molecule has 0 heterocycles. The van der Waals surface area contributed by atoms with Crippen LogP contribution in [0.2, 0.25) is 0 Å². The first-order valence-electron chi connectivity index (χ1n) is 6.81. The second kappa shape index (κ2) is 4.45. The maximum atomic E-state index is 10.5. The third-order valence-electron chi connectivity index (χ3n) is 4.52. The minimum Gasteiger partial charge on any atom is -0.385 e. The standard InChI is InChI=1S/C16H24O/c1-4-15(2,3)13-7-9-14(10-8-13)16(17)11-5-6-12-16/h7-10,17H,4-6,11-12H2,1-3H3. The van der Waals surface area contributed by atoms with Crippen LogP contribution in [0, 0.1) is 0 Å². The van der Waals surface area contributed by atoms with Crippen molar-refractivity contribution in [3.05, 3.63) is 35.4 Å². The molecule has 1 heteroatoms. The van der Waals surface area contributed by atoms with Gasteiger partial charge in [0, 0.05) is 0 Å². The van der Waals surface area contributed by atoms with E-state index in [9.17, 15) is 5.11 Å². The Labute approximate surface area is 105 Å². The maximum absolute atomic E-state index is 10.5.